The number of amides is 1. The minimum Gasteiger partial charge on any atom is -0.448 e. The number of Topliss-reactive ketones (excluding diaryl/α,β-unsaturated/α-hetero) is 1. The molecule has 30 heavy (non-hydrogen) atoms. The van der Waals surface area contributed by atoms with Crippen LogP contribution in [0.5, 0.6) is 0 Å². The van der Waals surface area contributed by atoms with Crippen molar-refractivity contribution in [1.82, 2.24) is 4.90 Å². The number of fused-ring (bicyclic) bond motifs is 5. The first-order valence-corrected chi connectivity index (χ1v) is 10.5. The number of alkyl halides is 2. The molecule has 4 nitrogen and oxygen atoms in total. The lowest BCUT2D eigenvalue weighted by Crippen LogP contribution is -2.50. The number of piperidine rings is 1. The van der Waals surface area contributed by atoms with Crippen molar-refractivity contribution in [1.29, 1.82) is 0 Å². The Morgan fingerprint density at radius 1 is 1.00 bits per heavy atom. The van der Waals surface area contributed by atoms with Crippen molar-refractivity contribution >= 4 is 11.9 Å². The number of ether oxygens (including phenoxy) is 1. The summed E-state index contributed by atoms with van der Waals surface area (Å²) in [5, 5.41) is 0. The lowest BCUT2D eigenvalue weighted by atomic mass is 9.95. The summed E-state index contributed by atoms with van der Waals surface area (Å²) in [5.41, 5.74) is 4.46. The van der Waals surface area contributed by atoms with Crippen molar-refractivity contribution in [3.8, 4) is 11.1 Å². The van der Waals surface area contributed by atoms with Gasteiger partial charge in [-0.25, -0.2) is 4.79 Å². The molecular weight excluding hydrogens is 388 g/mol. The molecule has 6 heteroatoms. The average molecular weight is 411 g/mol. The maximum atomic E-state index is 14.2. The van der Waals surface area contributed by atoms with Crippen LogP contribution in [0.3, 0.4) is 0 Å². The topological polar surface area (TPSA) is 46.6 Å². The molecule has 1 aliphatic carbocycles. The van der Waals surface area contributed by atoms with Gasteiger partial charge in [-0.05, 0) is 41.5 Å². The first-order chi connectivity index (χ1) is 14.5. The number of nitrogens with zero attached hydrogens (tertiary/aromatic N) is 1. The maximum Gasteiger partial charge on any atom is 0.410 e. The Morgan fingerprint density at radius 2 is 1.60 bits per heavy atom. The normalized spacial score (nSPS) is 24.7. The lowest BCUT2D eigenvalue weighted by Gasteiger charge is -2.39. The third-order valence-corrected chi connectivity index (χ3v) is 6.73. The molecule has 1 amide bonds. The molecule has 2 aromatic carbocycles. The fourth-order valence-electron chi connectivity index (χ4n) is 5.31. The number of carbonyl (C=O) groups excluding carboxylic acids is 2. The van der Waals surface area contributed by atoms with Gasteiger partial charge in [-0.1, -0.05) is 48.5 Å². The van der Waals surface area contributed by atoms with E-state index in [4.69, 9.17) is 4.74 Å². The molecular formula is C24H23F2NO3. The Labute approximate surface area is 173 Å². The number of ketones is 1. The van der Waals surface area contributed by atoms with Gasteiger partial charge < -0.3 is 9.64 Å². The molecule has 0 saturated carbocycles. The Hall–Kier alpha value is -2.76. The molecule has 2 fully saturated rings. The van der Waals surface area contributed by atoms with Gasteiger partial charge in [0, 0.05) is 30.8 Å². The zero-order chi connectivity index (χ0) is 20.9. The van der Waals surface area contributed by atoms with Crippen LogP contribution in [0.25, 0.3) is 11.1 Å². The zero-order valence-electron chi connectivity index (χ0n) is 16.5. The summed E-state index contributed by atoms with van der Waals surface area (Å²) in [6, 6.07) is 14.9. The minimum atomic E-state index is -3.37. The van der Waals surface area contributed by atoms with Gasteiger partial charge in [0.05, 0.1) is 0 Å². The molecule has 2 aromatic rings. The predicted octanol–water partition coefficient (Wildman–Crippen LogP) is 5.16. The number of hydrogen-bond acceptors (Lipinski definition) is 3. The van der Waals surface area contributed by atoms with E-state index in [1.165, 1.54) is 4.90 Å². The van der Waals surface area contributed by atoms with Crippen LogP contribution in [0.2, 0.25) is 0 Å². The van der Waals surface area contributed by atoms with Crippen LogP contribution in [0.15, 0.2) is 48.5 Å². The van der Waals surface area contributed by atoms with E-state index in [1.54, 1.807) is 0 Å². The van der Waals surface area contributed by atoms with Crippen LogP contribution in [0.1, 0.15) is 49.1 Å². The molecule has 2 atom stereocenters. The standard InChI is InChI=1S/C24H23F2NO3/c25-24(26)13-16-7-5-6-15(12-22(24)28)27(16)23(29)30-14-21-19-10-3-1-8-17(19)18-9-2-4-11-20(18)21/h1-4,8-11,15-16,21H,5-7,12-14H2. The van der Waals surface area contributed by atoms with Gasteiger partial charge in [0.1, 0.15) is 6.61 Å². The van der Waals surface area contributed by atoms with Crippen molar-refractivity contribution in [2.24, 2.45) is 0 Å². The van der Waals surface area contributed by atoms with Crippen molar-refractivity contribution in [3.05, 3.63) is 59.7 Å². The summed E-state index contributed by atoms with van der Waals surface area (Å²) in [6.45, 7) is 0.146. The van der Waals surface area contributed by atoms with Crippen molar-refractivity contribution in [3.63, 3.8) is 0 Å². The molecule has 3 aliphatic rings. The summed E-state index contributed by atoms with van der Waals surface area (Å²) in [7, 11) is 0. The molecule has 2 unspecified atom stereocenters. The quantitative estimate of drug-likeness (QED) is 0.686. The van der Waals surface area contributed by atoms with E-state index in [-0.39, 0.29) is 18.9 Å². The fraction of sp³-hybridized carbons (Fsp3) is 0.417. The Balaban J connectivity index is 1.37. The molecule has 0 radical (unpaired) electrons. The van der Waals surface area contributed by atoms with Crippen LogP contribution >= 0.6 is 0 Å². The van der Waals surface area contributed by atoms with Gasteiger partial charge in [0.15, 0.2) is 0 Å². The second-order valence-corrected chi connectivity index (χ2v) is 8.49. The van der Waals surface area contributed by atoms with Crippen LogP contribution in [0.4, 0.5) is 13.6 Å². The zero-order valence-corrected chi connectivity index (χ0v) is 16.5. The van der Waals surface area contributed by atoms with Crippen molar-refractivity contribution in [2.45, 2.75) is 56.0 Å². The second kappa shape index (κ2) is 7.18. The highest BCUT2D eigenvalue weighted by Crippen LogP contribution is 2.45. The molecule has 156 valence electrons. The molecule has 2 aliphatic heterocycles. The van der Waals surface area contributed by atoms with Gasteiger partial charge in [0.25, 0.3) is 0 Å². The van der Waals surface area contributed by atoms with Crippen molar-refractivity contribution < 1.29 is 23.1 Å². The molecule has 2 heterocycles. The minimum absolute atomic E-state index is 0.0868. The van der Waals surface area contributed by atoms with Gasteiger partial charge in [-0.2, -0.15) is 8.78 Å². The largest absolute Gasteiger partial charge is 0.448 e. The van der Waals surface area contributed by atoms with E-state index in [0.29, 0.717) is 12.8 Å². The molecule has 0 spiro atoms. The SMILES string of the molecule is O=C(OCC1c2ccccc2-c2ccccc21)N1C2CCCC1CC(F)(F)C(=O)C2. The highest BCUT2D eigenvalue weighted by molar-refractivity contribution is 5.87. The Morgan fingerprint density at radius 3 is 2.27 bits per heavy atom. The van der Waals surface area contributed by atoms with Gasteiger partial charge in [-0.3, -0.25) is 4.79 Å². The van der Waals surface area contributed by atoms with E-state index >= 15 is 0 Å². The van der Waals surface area contributed by atoms with Crippen LogP contribution in [0, 0.1) is 0 Å². The van der Waals surface area contributed by atoms with E-state index < -0.39 is 36.3 Å². The fourth-order valence-corrected chi connectivity index (χ4v) is 5.31. The predicted molar refractivity (Wildman–Crippen MR) is 108 cm³/mol. The first-order valence-electron chi connectivity index (χ1n) is 10.5. The smallest absolute Gasteiger partial charge is 0.410 e. The second-order valence-electron chi connectivity index (χ2n) is 8.49. The average Bonchev–Trinajstić information content (AvgIpc) is 3.03. The number of benzene rings is 2. The Kier molecular flexibility index (Phi) is 4.60. The summed E-state index contributed by atoms with van der Waals surface area (Å²) < 4.78 is 34.0. The third-order valence-electron chi connectivity index (χ3n) is 6.73. The molecule has 0 aromatic heterocycles. The Bertz CT molecular complexity index is 960. The summed E-state index contributed by atoms with van der Waals surface area (Å²) in [4.78, 5) is 26.4. The third kappa shape index (κ3) is 3.09. The molecule has 2 saturated heterocycles. The summed E-state index contributed by atoms with van der Waals surface area (Å²) in [5.74, 6) is -4.52. The van der Waals surface area contributed by atoms with E-state index in [0.717, 1.165) is 28.7 Å². The van der Waals surface area contributed by atoms with Crippen LogP contribution in [-0.4, -0.2) is 41.4 Å². The molecule has 2 bridgehead atoms. The molecule has 5 rings (SSSR count). The van der Waals surface area contributed by atoms with Gasteiger partial charge in [-0.15, -0.1) is 0 Å². The van der Waals surface area contributed by atoms with E-state index in [2.05, 4.69) is 12.1 Å². The number of carbonyl (C=O) groups is 2. The van der Waals surface area contributed by atoms with Crippen LogP contribution < -0.4 is 0 Å². The lowest BCUT2D eigenvalue weighted by molar-refractivity contribution is -0.143. The highest BCUT2D eigenvalue weighted by atomic mass is 19.3. The number of hydrogen-bond donors (Lipinski definition) is 0. The number of halogens is 2. The van der Waals surface area contributed by atoms with Gasteiger partial charge >= 0.3 is 12.0 Å². The van der Waals surface area contributed by atoms with Crippen LogP contribution in [-0.2, 0) is 9.53 Å². The summed E-state index contributed by atoms with van der Waals surface area (Å²) in [6.07, 6.45) is 0.287. The van der Waals surface area contributed by atoms with Crippen molar-refractivity contribution in [2.75, 3.05) is 6.61 Å². The maximum absolute atomic E-state index is 14.2. The monoisotopic (exact) mass is 411 g/mol. The number of rotatable bonds is 2. The first kappa shape index (κ1) is 19.2. The van der Waals surface area contributed by atoms with Gasteiger partial charge in [0.2, 0.25) is 5.78 Å². The van der Waals surface area contributed by atoms with E-state index in [9.17, 15) is 18.4 Å². The highest BCUT2D eigenvalue weighted by Gasteiger charge is 2.50. The van der Waals surface area contributed by atoms with E-state index in [1.807, 2.05) is 36.4 Å². The summed E-state index contributed by atoms with van der Waals surface area (Å²) >= 11 is 0. The molecule has 0 N–H and O–H groups in total.